The first-order chi connectivity index (χ1) is 6.24. The third-order valence-corrected chi connectivity index (χ3v) is 2.35. The number of pyridine rings is 1. The van der Waals surface area contributed by atoms with Gasteiger partial charge in [-0.15, -0.1) is 0 Å². The quantitative estimate of drug-likeness (QED) is 0.766. The summed E-state index contributed by atoms with van der Waals surface area (Å²) in [5.74, 6) is 0. The first-order valence-corrected chi connectivity index (χ1v) is 4.90. The van der Waals surface area contributed by atoms with Crippen LogP contribution in [0.4, 0.5) is 0 Å². The van der Waals surface area contributed by atoms with Gasteiger partial charge in [0, 0.05) is 24.5 Å². The Morgan fingerprint density at radius 2 is 1.92 bits per heavy atom. The Morgan fingerprint density at radius 1 is 1.31 bits per heavy atom. The molecule has 0 bridgehead atoms. The van der Waals surface area contributed by atoms with Crippen molar-refractivity contribution < 1.29 is 0 Å². The van der Waals surface area contributed by atoms with Crippen LogP contribution in [0, 0.1) is 0 Å². The number of nitrogens with zero attached hydrogens (tertiary/aromatic N) is 1. The largest absolute Gasteiger partial charge is 0.308 e. The third-order valence-electron chi connectivity index (χ3n) is 2.35. The van der Waals surface area contributed by atoms with E-state index in [4.69, 9.17) is 0 Å². The predicted molar refractivity (Wildman–Crippen MR) is 55.5 cm³/mol. The third kappa shape index (κ3) is 3.15. The molecule has 1 heterocycles. The van der Waals surface area contributed by atoms with E-state index < -0.39 is 0 Å². The van der Waals surface area contributed by atoms with Crippen LogP contribution in [0.3, 0.4) is 0 Å². The van der Waals surface area contributed by atoms with Crippen molar-refractivity contribution in [3.8, 4) is 0 Å². The smallest absolute Gasteiger partial charge is 0.0295 e. The molecule has 1 N–H and O–H groups in total. The maximum absolute atomic E-state index is 4.00. The molecule has 13 heavy (non-hydrogen) atoms. The SMILES string of the molecule is CC[C@@H](C)N[C@@H](C)c1ccncc1. The molecule has 0 unspecified atom stereocenters. The van der Waals surface area contributed by atoms with Crippen LogP contribution in [-0.2, 0) is 0 Å². The van der Waals surface area contributed by atoms with Crippen molar-refractivity contribution in [2.75, 3.05) is 0 Å². The molecule has 1 rings (SSSR count). The maximum atomic E-state index is 4.00. The normalized spacial score (nSPS) is 15.3. The summed E-state index contributed by atoms with van der Waals surface area (Å²) >= 11 is 0. The first-order valence-electron chi connectivity index (χ1n) is 4.90. The monoisotopic (exact) mass is 178 g/mol. The van der Waals surface area contributed by atoms with Gasteiger partial charge in [0.1, 0.15) is 0 Å². The molecule has 0 aromatic carbocycles. The number of hydrogen-bond donors (Lipinski definition) is 1. The van der Waals surface area contributed by atoms with Gasteiger partial charge in [-0.05, 0) is 38.0 Å². The highest BCUT2D eigenvalue weighted by Crippen LogP contribution is 2.11. The standard InChI is InChI=1S/C11H18N2/c1-4-9(2)13-10(3)11-5-7-12-8-6-11/h5-10,13H,4H2,1-3H3/t9-,10+/m1/s1. The van der Waals surface area contributed by atoms with Crippen LogP contribution in [0.15, 0.2) is 24.5 Å². The van der Waals surface area contributed by atoms with Crippen LogP contribution in [0.2, 0.25) is 0 Å². The van der Waals surface area contributed by atoms with Gasteiger partial charge in [-0.1, -0.05) is 6.92 Å². The van der Waals surface area contributed by atoms with Gasteiger partial charge in [0.15, 0.2) is 0 Å². The van der Waals surface area contributed by atoms with Crippen molar-refractivity contribution in [1.82, 2.24) is 10.3 Å². The number of aromatic nitrogens is 1. The topological polar surface area (TPSA) is 24.9 Å². The second-order valence-corrected chi connectivity index (χ2v) is 3.48. The Bertz CT molecular complexity index is 233. The first kappa shape index (κ1) is 10.2. The van der Waals surface area contributed by atoms with Gasteiger partial charge in [0.25, 0.3) is 0 Å². The van der Waals surface area contributed by atoms with Gasteiger partial charge < -0.3 is 5.32 Å². The van der Waals surface area contributed by atoms with Gasteiger partial charge in [-0.2, -0.15) is 0 Å². The fraction of sp³-hybridized carbons (Fsp3) is 0.545. The van der Waals surface area contributed by atoms with Crippen LogP contribution in [0.25, 0.3) is 0 Å². The van der Waals surface area contributed by atoms with Gasteiger partial charge in [-0.3, -0.25) is 4.98 Å². The van der Waals surface area contributed by atoms with E-state index in [1.165, 1.54) is 5.56 Å². The minimum Gasteiger partial charge on any atom is -0.308 e. The summed E-state index contributed by atoms with van der Waals surface area (Å²) < 4.78 is 0. The number of hydrogen-bond acceptors (Lipinski definition) is 2. The zero-order valence-electron chi connectivity index (χ0n) is 8.62. The van der Waals surface area contributed by atoms with Gasteiger partial charge >= 0.3 is 0 Å². The zero-order valence-corrected chi connectivity index (χ0v) is 8.62. The molecule has 2 heteroatoms. The van der Waals surface area contributed by atoms with Crippen molar-refractivity contribution >= 4 is 0 Å². The molecule has 0 amide bonds. The molecule has 72 valence electrons. The van der Waals surface area contributed by atoms with Gasteiger partial charge in [-0.25, -0.2) is 0 Å². The van der Waals surface area contributed by atoms with E-state index in [9.17, 15) is 0 Å². The van der Waals surface area contributed by atoms with Crippen LogP contribution < -0.4 is 5.32 Å². The average molecular weight is 178 g/mol. The lowest BCUT2D eigenvalue weighted by Gasteiger charge is -2.18. The number of rotatable bonds is 4. The number of nitrogens with one attached hydrogen (secondary N) is 1. The summed E-state index contributed by atoms with van der Waals surface area (Å²) in [6.45, 7) is 6.58. The Labute approximate surface area is 80.4 Å². The molecule has 0 radical (unpaired) electrons. The molecule has 0 aliphatic heterocycles. The molecule has 1 aromatic heterocycles. The van der Waals surface area contributed by atoms with Crippen molar-refractivity contribution in [1.29, 1.82) is 0 Å². The van der Waals surface area contributed by atoms with Crippen molar-refractivity contribution in [3.63, 3.8) is 0 Å². The summed E-state index contributed by atoms with van der Waals surface area (Å²) in [5.41, 5.74) is 1.30. The lowest BCUT2D eigenvalue weighted by Crippen LogP contribution is -2.28. The molecule has 2 nitrogen and oxygen atoms in total. The minimum absolute atomic E-state index is 0.415. The van der Waals surface area contributed by atoms with Crippen LogP contribution in [-0.4, -0.2) is 11.0 Å². The molecule has 0 aliphatic rings. The lowest BCUT2D eigenvalue weighted by molar-refractivity contribution is 0.469. The Balaban J connectivity index is 2.53. The van der Waals surface area contributed by atoms with E-state index in [-0.39, 0.29) is 0 Å². The fourth-order valence-electron chi connectivity index (χ4n) is 1.29. The molecule has 0 saturated heterocycles. The Morgan fingerprint density at radius 3 is 2.46 bits per heavy atom. The molecule has 0 spiro atoms. The molecule has 1 aromatic rings. The van der Waals surface area contributed by atoms with E-state index in [2.05, 4.69) is 43.2 Å². The van der Waals surface area contributed by atoms with E-state index in [1.54, 1.807) is 0 Å². The lowest BCUT2D eigenvalue weighted by atomic mass is 10.1. The van der Waals surface area contributed by atoms with E-state index >= 15 is 0 Å². The fourth-order valence-corrected chi connectivity index (χ4v) is 1.29. The second kappa shape index (κ2) is 4.97. The Hall–Kier alpha value is -0.890. The highest BCUT2D eigenvalue weighted by Gasteiger charge is 2.06. The van der Waals surface area contributed by atoms with E-state index in [0.29, 0.717) is 12.1 Å². The highest BCUT2D eigenvalue weighted by molar-refractivity contribution is 5.13. The molecular weight excluding hydrogens is 160 g/mol. The zero-order chi connectivity index (χ0) is 9.68. The van der Waals surface area contributed by atoms with Gasteiger partial charge in [0.05, 0.1) is 0 Å². The highest BCUT2D eigenvalue weighted by atomic mass is 14.9. The maximum Gasteiger partial charge on any atom is 0.0295 e. The summed E-state index contributed by atoms with van der Waals surface area (Å²) in [7, 11) is 0. The predicted octanol–water partition coefficient (Wildman–Crippen LogP) is 2.53. The molecule has 0 saturated carbocycles. The van der Waals surface area contributed by atoms with Crippen LogP contribution in [0.1, 0.15) is 38.8 Å². The van der Waals surface area contributed by atoms with Crippen LogP contribution in [0.5, 0.6) is 0 Å². The van der Waals surface area contributed by atoms with Crippen molar-refractivity contribution in [2.24, 2.45) is 0 Å². The molecule has 0 aliphatic carbocycles. The Kier molecular flexibility index (Phi) is 3.90. The van der Waals surface area contributed by atoms with E-state index in [0.717, 1.165) is 6.42 Å². The second-order valence-electron chi connectivity index (χ2n) is 3.48. The van der Waals surface area contributed by atoms with Crippen LogP contribution >= 0.6 is 0 Å². The van der Waals surface area contributed by atoms with E-state index in [1.807, 2.05) is 12.4 Å². The van der Waals surface area contributed by atoms with Crippen molar-refractivity contribution in [3.05, 3.63) is 30.1 Å². The summed E-state index contributed by atoms with van der Waals surface area (Å²) in [6.07, 6.45) is 4.84. The summed E-state index contributed by atoms with van der Waals surface area (Å²) in [4.78, 5) is 4.00. The summed E-state index contributed by atoms with van der Waals surface area (Å²) in [6, 6.07) is 5.10. The molecular formula is C11H18N2. The summed E-state index contributed by atoms with van der Waals surface area (Å²) in [5, 5.41) is 3.52. The molecule has 0 fully saturated rings. The van der Waals surface area contributed by atoms with Gasteiger partial charge in [0.2, 0.25) is 0 Å². The molecule has 2 atom stereocenters. The van der Waals surface area contributed by atoms with Crippen molar-refractivity contribution in [2.45, 2.75) is 39.3 Å². The average Bonchev–Trinajstić information content (AvgIpc) is 2.19. The minimum atomic E-state index is 0.415.